The number of nitrogens with zero attached hydrogens (tertiary/aromatic N) is 4. The summed E-state index contributed by atoms with van der Waals surface area (Å²) in [6.07, 6.45) is 3.05. The number of aliphatic hydroxyl groups excluding tert-OH is 1. The van der Waals surface area contributed by atoms with E-state index in [1.807, 2.05) is 31.4 Å². The number of benzene rings is 1. The largest absolute Gasteiger partial charge is 0.484 e. The highest BCUT2D eigenvalue weighted by Gasteiger charge is 2.40. The molecule has 1 aromatic heterocycles. The van der Waals surface area contributed by atoms with Gasteiger partial charge < -0.3 is 19.6 Å². The summed E-state index contributed by atoms with van der Waals surface area (Å²) >= 11 is 0. The van der Waals surface area contributed by atoms with E-state index in [-0.39, 0.29) is 31.4 Å². The molecule has 3 rings (SSSR count). The monoisotopic (exact) mass is 372 g/mol. The van der Waals surface area contributed by atoms with E-state index >= 15 is 0 Å². The minimum atomic E-state index is -0.716. The molecule has 2 amide bonds. The van der Waals surface area contributed by atoms with E-state index in [9.17, 15) is 14.7 Å². The summed E-state index contributed by atoms with van der Waals surface area (Å²) in [7, 11) is 3.49. The Balaban J connectivity index is 1.62. The van der Waals surface area contributed by atoms with Crippen LogP contribution >= 0.6 is 0 Å². The second-order valence-electron chi connectivity index (χ2n) is 6.77. The van der Waals surface area contributed by atoms with Crippen LogP contribution in [0.15, 0.2) is 42.7 Å². The van der Waals surface area contributed by atoms with Gasteiger partial charge in [0.05, 0.1) is 12.3 Å². The quantitative estimate of drug-likeness (QED) is 0.794. The molecule has 1 N–H and O–H groups in total. The highest BCUT2D eigenvalue weighted by atomic mass is 16.5. The molecule has 1 aromatic carbocycles. The maximum absolute atomic E-state index is 12.8. The summed E-state index contributed by atoms with van der Waals surface area (Å²) in [4.78, 5) is 28.4. The molecular formula is C19H24N4O4. The first-order valence-corrected chi connectivity index (χ1v) is 8.82. The number of aryl methyl sites for hydroxylation is 1. The Kier molecular flexibility index (Phi) is 5.75. The van der Waals surface area contributed by atoms with E-state index in [2.05, 4.69) is 5.10 Å². The molecule has 1 fully saturated rings. The van der Waals surface area contributed by atoms with Crippen molar-refractivity contribution in [3.05, 3.63) is 48.3 Å². The smallest absolute Gasteiger partial charge is 0.261 e. The fourth-order valence-electron chi connectivity index (χ4n) is 3.23. The minimum Gasteiger partial charge on any atom is -0.484 e. The first-order chi connectivity index (χ1) is 12.9. The average Bonchev–Trinajstić information content (AvgIpc) is 3.25. The Labute approximate surface area is 157 Å². The third-order valence-electron chi connectivity index (χ3n) is 4.54. The van der Waals surface area contributed by atoms with Gasteiger partial charge in [-0.3, -0.25) is 14.3 Å². The van der Waals surface area contributed by atoms with Crippen molar-refractivity contribution in [2.75, 3.05) is 20.2 Å². The maximum atomic E-state index is 12.8. The molecule has 0 bridgehead atoms. The number of carbonyl (C=O) groups excluding carboxylic acids is 2. The number of hydrogen-bond donors (Lipinski definition) is 1. The van der Waals surface area contributed by atoms with Crippen molar-refractivity contribution in [3.63, 3.8) is 0 Å². The Morgan fingerprint density at radius 3 is 2.74 bits per heavy atom. The fraction of sp³-hybridized carbons (Fsp3) is 0.421. The number of likely N-dealkylation sites (tertiary alicyclic amines) is 1. The zero-order valence-corrected chi connectivity index (χ0v) is 15.5. The predicted molar refractivity (Wildman–Crippen MR) is 97.7 cm³/mol. The second kappa shape index (κ2) is 8.22. The molecule has 27 heavy (non-hydrogen) atoms. The lowest BCUT2D eigenvalue weighted by Gasteiger charge is -2.27. The number of aliphatic hydroxyl groups is 1. The van der Waals surface area contributed by atoms with Gasteiger partial charge in [0.15, 0.2) is 6.61 Å². The lowest BCUT2D eigenvalue weighted by molar-refractivity contribution is -0.144. The van der Waals surface area contributed by atoms with Gasteiger partial charge in [0.25, 0.3) is 5.91 Å². The van der Waals surface area contributed by atoms with E-state index in [1.165, 1.54) is 4.90 Å². The summed E-state index contributed by atoms with van der Waals surface area (Å²) in [6, 6.07) is 8.33. The molecular weight excluding hydrogens is 348 g/mol. The third-order valence-corrected chi connectivity index (χ3v) is 4.54. The zero-order valence-electron chi connectivity index (χ0n) is 15.5. The van der Waals surface area contributed by atoms with Gasteiger partial charge in [-0.15, -0.1) is 0 Å². The van der Waals surface area contributed by atoms with Crippen LogP contribution in [-0.2, 0) is 23.2 Å². The molecule has 0 aliphatic carbocycles. The Morgan fingerprint density at radius 2 is 2.07 bits per heavy atom. The fourth-order valence-corrected chi connectivity index (χ4v) is 3.23. The first-order valence-electron chi connectivity index (χ1n) is 8.82. The van der Waals surface area contributed by atoms with Gasteiger partial charge in [-0.05, 0) is 12.1 Å². The number of carbonyl (C=O) groups is 2. The van der Waals surface area contributed by atoms with Crippen LogP contribution in [0.25, 0.3) is 0 Å². The lowest BCUT2D eigenvalue weighted by Crippen LogP contribution is -2.47. The Morgan fingerprint density at radius 1 is 1.33 bits per heavy atom. The van der Waals surface area contributed by atoms with Gasteiger partial charge in [-0.25, -0.2) is 0 Å². The van der Waals surface area contributed by atoms with E-state index in [4.69, 9.17) is 4.74 Å². The molecule has 0 saturated carbocycles. The van der Waals surface area contributed by atoms with Gasteiger partial charge in [0.2, 0.25) is 5.91 Å². The molecule has 0 radical (unpaired) electrons. The number of hydrogen-bond acceptors (Lipinski definition) is 5. The molecule has 1 aliphatic rings. The molecule has 8 heteroatoms. The summed E-state index contributed by atoms with van der Waals surface area (Å²) in [5, 5.41) is 14.1. The van der Waals surface area contributed by atoms with Crippen molar-refractivity contribution >= 4 is 11.8 Å². The average molecular weight is 372 g/mol. The van der Waals surface area contributed by atoms with Crippen LogP contribution in [0.3, 0.4) is 0 Å². The summed E-state index contributed by atoms with van der Waals surface area (Å²) < 4.78 is 7.16. The van der Waals surface area contributed by atoms with Crippen LogP contribution < -0.4 is 4.74 Å². The topological polar surface area (TPSA) is 87.9 Å². The highest BCUT2D eigenvalue weighted by molar-refractivity contribution is 5.88. The number of β-amino-alcohol motifs (C(OH)–C–C–N with tert-alkyl or cyclic N) is 1. The van der Waals surface area contributed by atoms with Gasteiger partial charge in [0, 0.05) is 45.4 Å². The first kappa shape index (κ1) is 18.9. The molecule has 8 nitrogen and oxygen atoms in total. The number of likely N-dealkylation sites (N-methyl/N-ethyl adjacent to an activating group) is 1. The van der Waals surface area contributed by atoms with Gasteiger partial charge in [-0.1, -0.05) is 18.2 Å². The zero-order chi connectivity index (χ0) is 19.4. The third kappa shape index (κ3) is 4.65. The van der Waals surface area contributed by atoms with Crippen molar-refractivity contribution in [3.8, 4) is 5.75 Å². The number of amides is 2. The Hall–Kier alpha value is -2.87. The number of aromatic nitrogens is 2. The van der Waals surface area contributed by atoms with Crippen LogP contribution in [0.5, 0.6) is 5.75 Å². The molecule has 144 valence electrons. The molecule has 0 spiro atoms. The SMILES string of the molecule is CN(Cc1cnn(C)c1)C(=O)[C@@H]1C[C@H](O)CN1C(=O)COc1ccccc1. The van der Waals surface area contributed by atoms with E-state index in [1.54, 1.807) is 35.0 Å². The molecule has 2 atom stereocenters. The standard InChI is InChI=1S/C19H24N4O4/c1-21(10-14-9-20-22(2)11-14)19(26)17-8-15(24)12-23(17)18(25)13-27-16-6-4-3-5-7-16/h3-7,9,11,15,17,24H,8,10,12-13H2,1-2H3/t15-,17-/m0/s1. The molecule has 2 heterocycles. The maximum Gasteiger partial charge on any atom is 0.261 e. The van der Waals surface area contributed by atoms with Crippen molar-refractivity contribution in [1.82, 2.24) is 19.6 Å². The van der Waals surface area contributed by atoms with Crippen LogP contribution in [0.2, 0.25) is 0 Å². The summed E-state index contributed by atoms with van der Waals surface area (Å²) in [5.41, 5.74) is 0.900. The summed E-state index contributed by atoms with van der Waals surface area (Å²) in [6.45, 7) is 0.350. The van der Waals surface area contributed by atoms with E-state index in [0.29, 0.717) is 12.3 Å². The van der Waals surface area contributed by atoms with Crippen LogP contribution in [0, 0.1) is 0 Å². The van der Waals surface area contributed by atoms with Crippen molar-refractivity contribution < 1.29 is 19.4 Å². The van der Waals surface area contributed by atoms with Crippen molar-refractivity contribution in [2.24, 2.45) is 7.05 Å². The van der Waals surface area contributed by atoms with Crippen LogP contribution in [0.4, 0.5) is 0 Å². The van der Waals surface area contributed by atoms with Crippen molar-refractivity contribution in [1.29, 1.82) is 0 Å². The van der Waals surface area contributed by atoms with Crippen molar-refractivity contribution in [2.45, 2.75) is 25.1 Å². The van der Waals surface area contributed by atoms with Crippen LogP contribution in [0.1, 0.15) is 12.0 Å². The van der Waals surface area contributed by atoms with Gasteiger partial charge in [-0.2, -0.15) is 5.10 Å². The molecule has 2 aromatic rings. The number of ether oxygens (including phenoxy) is 1. The van der Waals surface area contributed by atoms with Gasteiger partial charge >= 0.3 is 0 Å². The summed E-state index contributed by atoms with van der Waals surface area (Å²) in [5.74, 6) is 0.0640. The van der Waals surface area contributed by atoms with E-state index < -0.39 is 12.1 Å². The lowest BCUT2D eigenvalue weighted by atomic mass is 10.1. The molecule has 0 unspecified atom stereocenters. The number of rotatable bonds is 6. The molecule has 1 aliphatic heterocycles. The van der Waals surface area contributed by atoms with E-state index in [0.717, 1.165) is 5.56 Å². The van der Waals surface area contributed by atoms with Gasteiger partial charge in [0.1, 0.15) is 11.8 Å². The normalized spacial score (nSPS) is 19.1. The second-order valence-corrected chi connectivity index (χ2v) is 6.77. The van der Waals surface area contributed by atoms with Crippen LogP contribution in [-0.4, -0.2) is 68.8 Å². The predicted octanol–water partition coefficient (Wildman–Crippen LogP) is 0.419. The minimum absolute atomic E-state index is 0.133. The Bertz CT molecular complexity index is 792. The highest BCUT2D eigenvalue weighted by Crippen LogP contribution is 2.21. The molecule has 1 saturated heterocycles. The number of para-hydroxylation sites is 1.